The summed E-state index contributed by atoms with van der Waals surface area (Å²) in [6.07, 6.45) is -3.03. The molecule has 0 aliphatic carbocycles. The van der Waals surface area contributed by atoms with Crippen LogP contribution in [0.25, 0.3) is 10.9 Å². The van der Waals surface area contributed by atoms with Gasteiger partial charge < -0.3 is 25.6 Å². The van der Waals surface area contributed by atoms with Crippen LogP contribution in [0.3, 0.4) is 0 Å². The summed E-state index contributed by atoms with van der Waals surface area (Å²) in [6, 6.07) is 10.5. The van der Waals surface area contributed by atoms with Crippen LogP contribution in [-0.2, 0) is 12.1 Å². The maximum atomic E-state index is 12.7. The van der Waals surface area contributed by atoms with Crippen LogP contribution in [0.1, 0.15) is 24.8 Å². The van der Waals surface area contributed by atoms with Crippen LogP contribution in [0.4, 0.5) is 29.5 Å². The highest BCUT2D eigenvalue weighted by atomic mass is 19.4. The fraction of sp³-hybridized carbons (Fsp3) is 0.391. The van der Waals surface area contributed by atoms with Crippen LogP contribution in [0, 0.1) is 11.3 Å². The predicted molar refractivity (Wildman–Crippen MR) is 125 cm³/mol. The van der Waals surface area contributed by atoms with Gasteiger partial charge in [0.1, 0.15) is 5.39 Å². The second-order valence-electron chi connectivity index (χ2n) is 8.70. The van der Waals surface area contributed by atoms with E-state index in [-0.39, 0.29) is 42.8 Å². The number of pyridine rings is 1. The molecule has 1 aromatic carbocycles. The van der Waals surface area contributed by atoms with Gasteiger partial charge in [0.15, 0.2) is 5.82 Å². The van der Waals surface area contributed by atoms with Crippen molar-refractivity contribution in [1.29, 1.82) is 5.26 Å². The largest absolute Gasteiger partial charge is 0.465 e. The minimum atomic E-state index is -4.29. The third-order valence-electron chi connectivity index (χ3n) is 6.30. The second-order valence-corrected chi connectivity index (χ2v) is 8.70. The van der Waals surface area contributed by atoms with Gasteiger partial charge in [-0.05, 0) is 36.6 Å². The molecule has 0 unspecified atom stereocenters. The number of alkyl halides is 3. The van der Waals surface area contributed by atoms with Crippen molar-refractivity contribution >= 4 is 28.5 Å². The van der Waals surface area contributed by atoms with E-state index in [0.717, 1.165) is 0 Å². The Hall–Kier alpha value is -4.05. The number of halogens is 3. The molecule has 1 amide bonds. The van der Waals surface area contributed by atoms with Crippen molar-refractivity contribution in [2.24, 2.45) is 0 Å². The number of anilines is 2. The Morgan fingerprint density at radius 1 is 1.22 bits per heavy atom. The molecule has 2 aromatic heterocycles. The number of aromatic amines is 1. The maximum Gasteiger partial charge on any atom is 0.407 e. The lowest BCUT2D eigenvalue weighted by atomic mass is 9.85. The highest BCUT2D eigenvalue weighted by Crippen LogP contribution is 2.37. The molecule has 0 atom stereocenters. The first-order chi connectivity index (χ1) is 17.1. The average molecular weight is 503 g/mol. The molecule has 1 aliphatic rings. The first-order valence-electron chi connectivity index (χ1n) is 11.2. The van der Waals surface area contributed by atoms with Crippen LogP contribution in [0.5, 0.6) is 0 Å². The molecule has 3 aromatic rings. The summed E-state index contributed by atoms with van der Waals surface area (Å²) < 4.78 is 38.7. The fourth-order valence-corrected chi connectivity index (χ4v) is 4.44. The van der Waals surface area contributed by atoms with E-state index >= 15 is 0 Å². The number of nitriles is 1. The Kier molecular flexibility index (Phi) is 6.89. The number of carboxylic acid groups (broad SMARTS) is 1. The molecule has 36 heavy (non-hydrogen) atoms. The summed E-state index contributed by atoms with van der Waals surface area (Å²) in [5.74, 6) is 0.257. The van der Waals surface area contributed by atoms with Gasteiger partial charge >= 0.3 is 12.3 Å². The SMILES string of the molecule is N#CCC1(n2nc(Nc3ccc(CNCC(F)(F)F)cc3)c3c(=O)[nH]ccc32)CCN(C(=O)O)CC1. The molecular formula is C23H24F3N7O3. The van der Waals surface area contributed by atoms with E-state index in [4.69, 9.17) is 0 Å². The molecular weight excluding hydrogens is 479 g/mol. The van der Waals surface area contributed by atoms with Gasteiger partial charge in [0.25, 0.3) is 5.56 Å². The standard InChI is InChI=1S/C23H24F3N7O3/c24-23(25,26)14-28-13-15-1-3-16(4-2-15)30-19-18-17(5-10-29-20(18)34)33(31-19)22(6-9-27)7-11-32(12-8-22)21(35)36/h1-5,10,28H,6-8,11-14H2,(H,29,34)(H,30,31)(H,35,36). The molecule has 13 heteroatoms. The zero-order valence-corrected chi connectivity index (χ0v) is 19.1. The van der Waals surface area contributed by atoms with E-state index < -0.39 is 24.4 Å². The summed E-state index contributed by atoms with van der Waals surface area (Å²) in [6.45, 7) is -0.586. The first kappa shape index (κ1) is 25.1. The molecule has 1 fully saturated rings. The van der Waals surface area contributed by atoms with Gasteiger partial charge in [-0.15, -0.1) is 0 Å². The molecule has 10 nitrogen and oxygen atoms in total. The summed E-state index contributed by atoms with van der Waals surface area (Å²) in [5, 5.41) is 29.2. The minimum absolute atomic E-state index is 0.0427. The number of carbonyl (C=O) groups is 1. The highest BCUT2D eigenvalue weighted by molar-refractivity contribution is 5.91. The maximum absolute atomic E-state index is 12.7. The van der Waals surface area contributed by atoms with Crippen LogP contribution in [0.2, 0.25) is 0 Å². The summed E-state index contributed by atoms with van der Waals surface area (Å²) >= 11 is 0. The van der Waals surface area contributed by atoms with Crippen molar-refractivity contribution < 1.29 is 23.1 Å². The number of hydrogen-bond donors (Lipinski definition) is 4. The predicted octanol–water partition coefficient (Wildman–Crippen LogP) is 3.50. The van der Waals surface area contributed by atoms with Crippen molar-refractivity contribution in [3.8, 4) is 6.07 Å². The number of benzene rings is 1. The number of piperidine rings is 1. The monoisotopic (exact) mass is 503 g/mol. The van der Waals surface area contributed by atoms with Crippen LogP contribution in [0.15, 0.2) is 41.3 Å². The molecule has 0 spiro atoms. The number of nitrogens with zero attached hydrogens (tertiary/aromatic N) is 4. The molecule has 1 saturated heterocycles. The smallest absolute Gasteiger partial charge is 0.407 e. The molecule has 190 valence electrons. The third kappa shape index (κ3) is 5.28. The van der Waals surface area contributed by atoms with Gasteiger partial charge in [0.05, 0.1) is 30.1 Å². The van der Waals surface area contributed by atoms with Gasteiger partial charge in [-0.3, -0.25) is 9.48 Å². The van der Waals surface area contributed by atoms with Gasteiger partial charge in [-0.1, -0.05) is 12.1 Å². The number of amides is 1. The first-order valence-corrected chi connectivity index (χ1v) is 11.2. The van der Waals surface area contributed by atoms with Crippen molar-refractivity contribution in [3.63, 3.8) is 0 Å². The Labute approximate surface area is 203 Å². The normalized spacial score (nSPS) is 15.6. The molecule has 4 N–H and O–H groups in total. The van der Waals surface area contributed by atoms with Gasteiger partial charge in [-0.25, -0.2) is 4.79 Å². The van der Waals surface area contributed by atoms with E-state index in [1.54, 1.807) is 35.0 Å². The molecule has 1 aliphatic heterocycles. The van der Waals surface area contributed by atoms with E-state index in [1.807, 2.05) is 0 Å². The third-order valence-corrected chi connectivity index (χ3v) is 6.30. The number of aromatic nitrogens is 3. The highest BCUT2D eigenvalue weighted by Gasteiger charge is 2.40. The lowest BCUT2D eigenvalue weighted by molar-refractivity contribution is -0.125. The molecule has 3 heterocycles. The topological polar surface area (TPSA) is 139 Å². The quantitative estimate of drug-likeness (QED) is 0.387. The van der Waals surface area contributed by atoms with E-state index in [9.17, 15) is 33.1 Å². The minimum Gasteiger partial charge on any atom is -0.465 e. The lowest BCUT2D eigenvalue weighted by Crippen LogP contribution is -2.48. The molecule has 4 rings (SSSR count). The second kappa shape index (κ2) is 9.90. The van der Waals surface area contributed by atoms with Crippen molar-refractivity contribution in [3.05, 3.63) is 52.4 Å². The Balaban J connectivity index is 1.63. The number of nitrogens with one attached hydrogen (secondary N) is 3. The summed E-state index contributed by atoms with van der Waals surface area (Å²) in [5.41, 5.74) is 0.550. The van der Waals surface area contributed by atoms with Crippen molar-refractivity contribution in [2.75, 3.05) is 25.0 Å². The Bertz CT molecular complexity index is 1330. The van der Waals surface area contributed by atoms with Crippen LogP contribution < -0.4 is 16.2 Å². The van der Waals surface area contributed by atoms with Crippen LogP contribution >= 0.6 is 0 Å². The summed E-state index contributed by atoms with van der Waals surface area (Å²) in [4.78, 5) is 28.0. The summed E-state index contributed by atoms with van der Waals surface area (Å²) in [7, 11) is 0. The fourth-order valence-electron chi connectivity index (χ4n) is 4.44. The van der Waals surface area contributed by atoms with Gasteiger partial charge in [0.2, 0.25) is 0 Å². The van der Waals surface area contributed by atoms with Crippen molar-refractivity contribution in [2.45, 2.75) is 37.5 Å². The van der Waals surface area contributed by atoms with Crippen LogP contribution in [-0.4, -0.2) is 56.7 Å². The number of H-pyrrole nitrogens is 1. The lowest BCUT2D eigenvalue weighted by Gasteiger charge is -2.40. The Morgan fingerprint density at radius 3 is 2.53 bits per heavy atom. The molecule has 0 radical (unpaired) electrons. The number of rotatable bonds is 7. The van der Waals surface area contributed by atoms with Gasteiger partial charge in [0, 0.05) is 31.5 Å². The molecule has 0 bridgehead atoms. The van der Waals surface area contributed by atoms with E-state index in [1.165, 1.54) is 11.1 Å². The zero-order chi connectivity index (χ0) is 25.9. The van der Waals surface area contributed by atoms with Crippen molar-refractivity contribution in [1.82, 2.24) is 25.0 Å². The average Bonchev–Trinajstić information content (AvgIpc) is 3.20. The number of fused-ring (bicyclic) bond motifs is 1. The zero-order valence-electron chi connectivity index (χ0n) is 19.1. The van der Waals surface area contributed by atoms with Gasteiger partial charge in [-0.2, -0.15) is 23.5 Å². The van der Waals surface area contributed by atoms with E-state index in [2.05, 4.69) is 26.8 Å². The van der Waals surface area contributed by atoms with E-state index in [0.29, 0.717) is 29.6 Å². The number of hydrogen-bond acceptors (Lipinski definition) is 6. The number of likely N-dealkylation sites (tertiary alicyclic amines) is 1. The Morgan fingerprint density at radius 2 is 1.92 bits per heavy atom. The molecule has 0 saturated carbocycles.